The summed E-state index contributed by atoms with van der Waals surface area (Å²) in [4.78, 5) is 15.1. The molecule has 1 aromatic rings. The molecule has 0 aromatic carbocycles. The van der Waals surface area contributed by atoms with E-state index >= 15 is 0 Å². The summed E-state index contributed by atoms with van der Waals surface area (Å²) >= 11 is 0. The molecular weight excluding hydrogens is 314 g/mol. The van der Waals surface area contributed by atoms with E-state index in [0.717, 1.165) is 64.2 Å². The molecule has 0 aliphatic carbocycles. The Morgan fingerprint density at radius 3 is 2.60 bits per heavy atom. The molecule has 1 aliphatic heterocycles. The summed E-state index contributed by atoms with van der Waals surface area (Å²) < 4.78 is 7.75. The highest BCUT2D eigenvalue weighted by Crippen LogP contribution is 2.21. The van der Waals surface area contributed by atoms with Gasteiger partial charge in [-0.3, -0.25) is 9.69 Å². The second-order valence-corrected chi connectivity index (χ2v) is 7.31. The number of morpholine rings is 1. The van der Waals surface area contributed by atoms with Gasteiger partial charge in [0.25, 0.3) is 5.91 Å². The molecule has 1 aromatic heterocycles. The van der Waals surface area contributed by atoms with E-state index in [1.165, 1.54) is 11.4 Å². The van der Waals surface area contributed by atoms with Crippen LogP contribution in [0.5, 0.6) is 0 Å². The molecule has 5 nitrogen and oxygen atoms in total. The number of rotatable bonds is 9. The number of carbonyl (C=O) groups is 1. The molecule has 1 amide bonds. The highest BCUT2D eigenvalue weighted by Gasteiger charge is 2.20. The summed E-state index contributed by atoms with van der Waals surface area (Å²) in [6, 6.07) is 2.11. The van der Waals surface area contributed by atoms with Crippen LogP contribution in [0.3, 0.4) is 0 Å². The second-order valence-electron chi connectivity index (χ2n) is 7.31. The molecule has 0 atom stereocenters. The van der Waals surface area contributed by atoms with Crippen molar-refractivity contribution in [3.63, 3.8) is 0 Å². The van der Waals surface area contributed by atoms with Gasteiger partial charge in [-0.05, 0) is 24.8 Å². The van der Waals surface area contributed by atoms with Gasteiger partial charge in [0.1, 0.15) is 0 Å². The van der Waals surface area contributed by atoms with Crippen molar-refractivity contribution < 1.29 is 9.53 Å². The van der Waals surface area contributed by atoms with Crippen molar-refractivity contribution in [1.29, 1.82) is 0 Å². The van der Waals surface area contributed by atoms with Crippen LogP contribution in [0.25, 0.3) is 0 Å². The Kier molecular flexibility index (Phi) is 7.97. The molecule has 1 aliphatic rings. The maximum Gasteiger partial charge on any atom is 0.253 e. The van der Waals surface area contributed by atoms with E-state index in [9.17, 15) is 4.79 Å². The quantitative estimate of drug-likeness (QED) is 0.746. The standard InChI is InChI=1S/C20H35N3O2/c1-5-7-19-18(14-17(6-2)23(19)15-16(3)4)20(24)21-8-9-22-10-12-25-13-11-22/h14,16H,5-13,15H2,1-4H3,(H,21,24). The molecule has 2 rings (SSSR count). The highest BCUT2D eigenvalue weighted by atomic mass is 16.5. The Morgan fingerprint density at radius 2 is 2.00 bits per heavy atom. The summed E-state index contributed by atoms with van der Waals surface area (Å²) in [5, 5.41) is 3.13. The highest BCUT2D eigenvalue weighted by molar-refractivity contribution is 5.95. The van der Waals surface area contributed by atoms with Crippen LogP contribution in [0.4, 0.5) is 0 Å². The number of amides is 1. The smallest absolute Gasteiger partial charge is 0.253 e. The van der Waals surface area contributed by atoms with E-state index in [1.54, 1.807) is 0 Å². The average Bonchev–Trinajstić information content (AvgIpc) is 2.93. The fourth-order valence-electron chi connectivity index (χ4n) is 3.48. The Hall–Kier alpha value is -1.33. The molecule has 0 spiro atoms. The molecular formula is C20H35N3O2. The first-order chi connectivity index (χ1) is 12.1. The maximum atomic E-state index is 12.8. The molecule has 142 valence electrons. The fourth-order valence-corrected chi connectivity index (χ4v) is 3.48. The SMILES string of the molecule is CCCc1c(C(=O)NCCN2CCOCC2)cc(CC)n1CC(C)C. The molecule has 2 heterocycles. The Morgan fingerprint density at radius 1 is 1.28 bits per heavy atom. The van der Waals surface area contributed by atoms with Crippen molar-refractivity contribution in [2.45, 2.75) is 53.5 Å². The lowest BCUT2D eigenvalue weighted by molar-refractivity contribution is 0.0383. The average molecular weight is 350 g/mol. The molecule has 5 heteroatoms. The number of aryl methyl sites for hydroxylation is 1. The molecule has 0 saturated carbocycles. The summed E-state index contributed by atoms with van der Waals surface area (Å²) in [5.74, 6) is 0.652. The first-order valence-electron chi connectivity index (χ1n) is 9.86. The van der Waals surface area contributed by atoms with E-state index in [2.05, 4.69) is 48.5 Å². The van der Waals surface area contributed by atoms with Crippen molar-refractivity contribution in [2.75, 3.05) is 39.4 Å². The van der Waals surface area contributed by atoms with Gasteiger partial charge in [0.15, 0.2) is 0 Å². The molecule has 25 heavy (non-hydrogen) atoms. The zero-order valence-corrected chi connectivity index (χ0v) is 16.4. The monoisotopic (exact) mass is 349 g/mol. The molecule has 1 N–H and O–H groups in total. The van der Waals surface area contributed by atoms with Crippen LogP contribution in [0.1, 0.15) is 55.9 Å². The van der Waals surface area contributed by atoms with Gasteiger partial charge >= 0.3 is 0 Å². The Balaban J connectivity index is 2.04. The molecule has 0 bridgehead atoms. The van der Waals surface area contributed by atoms with Crippen molar-refractivity contribution in [3.8, 4) is 0 Å². The first-order valence-corrected chi connectivity index (χ1v) is 9.86. The van der Waals surface area contributed by atoms with Crippen LogP contribution < -0.4 is 5.32 Å². The summed E-state index contributed by atoms with van der Waals surface area (Å²) in [5.41, 5.74) is 3.36. The lowest BCUT2D eigenvalue weighted by Crippen LogP contribution is -2.41. The van der Waals surface area contributed by atoms with Crippen LogP contribution in [0, 0.1) is 5.92 Å². The Labute approximate surface area is 152 Å². The minimum atomic E-state index is 0.0777. The summed E-state index contributed by atoms with van der Waals surface area (Å²) in [6.45, 7) is 14.9. The molecule has 1 fully saturated rings. The molecule has 1 saturated heterocycles. The summed E-state index contributed by atoms with van der Waals surface area (Å²) in [6.07, 6.45) is 2.97. The normalized spacial score (nSPS) is 15.7. The van der Waals surface area contributed by atoms with Crippen LogP contribution in [-0.4, -0.2) is 54.8 Å². The van der Waals surface area contributed by atoms with Crippen LogP contribution >= 0.6 is 0 Å². The third kappa shape index (κ3) is 5.58. The van der Waals surface area contributed by atoms with Gasteiger partial charge in [0, 0.05) is 44.1 Å². The number of carbonyl (C=O) groups excluding carboxylic acids is 1. The van der Waals surface area contributed by atoms with E-state index in [-0.39, 0.29) is 5.91 Å². The van der Waals surface area contributed by atoms with Gasteiger partial charge in [0.2, 0.25) is 0 Å². The number of nitrogens with zero attached hydrogens (tertiary/aromatic N) is 2. The van der Waals surface area contributed by atoms with Crippen molar-refractivity contribution >= 4 is 5.91 Å². The lowest BCUT2D eigenvalue weighted by atomic mass is 10.1. The topological polar surface area (TPSA) is 46.5 Å². The van der Waals surface area contributed by atoms with E-state index < -0.39 is 0 Å². The predicted octanol–water partition coefficient (Wildman–Crippen LogP) is 2.72. The minimum absolute atomic E-state index is 0.0777. The van der Waals surface area contributed by atoms with Gasteiger partial charge in [-0.25, -0.2) is 0 Å². The number of aromatic nitrogens is 1. The number of ether oxygens (including phenoxy) is 1. The van der Waals surface area contributed by atoms with E-state index in [1.807, 2.05) is 0 Å². The van der Waals surface area contributed by atoms with Gasteiger partial charge in [-0.1, -0.05) is 34.1 Å². The zero-order valence-electron chi connectivity index (χ0n) is 16.4. The van der Waals surface area contributed by atoms with Gasteiger partial charge in [-0.2, -0.15) is 0 Å². The maximum absolute atomic E-state index is 12.8. The van der Waals surface area contributed by atoms with Gasteiger partial charge in [-0.15, -0.1) is 0 Å². The first kappa shape index (κ1) is 20.0. The van der Waals surface area contributed by atoms with E-state index in [0.29, 0.717) is 12.5 Å². The van der Waals surface area contributed by atoms with Crippen LogP contribution in [0.15, 0.2) is 6.07 Å². The third-order valence-corrected chi connectivity index (χ3v) is 4.75. The van der Waals surface area contributed by atoms with Crippen LogP contribution in [-0.2, 0) is 24.1 Å². The predicted molar refractivity (Wildman–Crippen MR) is 102 cm³/mol. The number of nitrogens with one attached hydrogen (secondary N) is 1. The second kappa shape index (κ2) is 9.97. The lowest BCUT2D eigenvalue weighted by Gasteiger charge is -2.26. The third-order valence-electron chi connectivity index (χ3n) is 4.75. The largest absolute Gasteiger partial charge is 0.379 e. The van der Waals surface area contributed by atoms with Crippen LogP contribution in [0.2, 0.25) is 0 Å². The van der Waals surface area contributed by atoms with E-state index in [4.69, 9.17) is 4.74 Å². The number of hydrogen-bond acceptors (Lipinski definition) is 3. The van der Waals surface area contributed by atoms with Gasteiger partial charge in [0.05, 0.1) is 18.8 Å². The van der Waals surface area contributed by atoms with Crippen molar-refractivity contribution in [1.82, 2.24) is 14.8 Å². The van der Waals surface area contributed by atoms with Crippen molar-refractivity contribution in [2.24, 2.45) is 5.92 Å². The Bertz CT molecular complexity index is 545. The number of hydrogen-bond donors (Lipinski definition) is 1. The van der Waals surface area contributed by atoms with Crippen molar-refractivity contribution in [3.05, 3.63) is 23.0 Å². The molecule has 0 radical (unpaired) electrons. The molecule has 0 unspecified atom stereocenters. The minimum Gasteiger partial charge on any atom is -0.379 e. The summed E-state index contributed by atoms with van der Waals surface area (Å²) in [7, 11) is 0. The fraction of sp³-hybridized carbons (Fsp3) is 0.750. The zero-order chi connectivity index (χ0) is 18.2. The van der Waals surface area contributed by atoms with Gasteiger partial charge < -0.3 is 14.6 Å².